The number of nitrogens with one attached hydrogen (secondary N) is 1. The molecule has 6 heteroatoms. The van der Waals surface area contributed by atoms with Gasteiger partial charge < -0.3 is 21.2 Å². The summed E-state index contributed by atoms with van der Waals surface area (Å²) >= 11 is 0. The predicted octanol–water partition coefficient (Wildman–Crippen LogP) is 1.24. The van der Waals surface area contributed by atoms with Gasteiger partial charge in [0.2, 0.25) is 0 Å². The van der Waals surface area contributed by atoms with Crippen LogP contribution in [0.5, 0.6) is 0 Å². The minimum atomic E-state index is 0.0421. The molecule has 1 rings (SSSR count). The van der Waals surface area contributed by atoms with E-state index in [9.17, 15) is 0 Å². The Labute approximate surface area is 127 Å². The highest BCUT2D eigenvalue weighted by Crippen LogP contribution is 2.09. The molecule has 0 bridgehead atoms. The fourth-order valence-electron chi connectivity index (χ4n) is 2.35. The van der Waals surface area contributed by atoms with Gasteiger partial charge in [-0.3, -0.25) is 4.98 Å². The third-order valence-corrected chi connectivity index (χ3v) is 3.16. The summed E-state index contributed by atoms with van der Waals surface area (Å²) < 4.78 is 0. The molecule has 1 heterocycles. The third kappa shape index (κ3) is 6.10. The van der Waals surface area contributed by atoms with E-state index in [2.05, 4.69) is 48.3 Å². The van der Waals surface area contributed by atoms with Gasteiger partial charge in [-0.25, -0.2) is 0 Å². The van der Waals surface area contributed by atoms with E-state index in [1.54, 1.807) is 6.20 Å². The van der Waals surface area contributed by atoms with Gasteiger partial charge in [0, 0.05) is 25.3 Å². The Morgan fingerprint density at radius 1 is 1.48 bits per heavy atom. The average Bonchev–Trinajstić information content (AvgIpc) is 2.43. The summed E-state index contributed by atoms with van der Waals surface area (Å²) in [6.45, 7) is 6.05. The summed E-state index contributed by atoms with van der Waals surface area (Å²) in [7, 11) is 4.14. The Morgan fingerprint density at radius 2 is 2.19 bits per heavy atom. The first-order valence-corrected chi connectivity index (χ1v) is 7.24. The Kier molecular flexibility index (Phi) is 7.11. The van der Waals surface area contributed by atoms with Gasteiger partial charge in [0.15, 0.2) is 5.84 Å². The molecule has 1 aromatic heterocycles. The Bertz CT molecular complexity index is 449. The van der Waals surface area contributed by atoms with Crippen molar-refractivity contribution in [2.45, 2.75) is 32.9 Å². The molecule has 1 atom stereocenters. The van der Waals surface area contributed by atoms with Gasteiger partial charge >= 0.3 is 0 Å². The summed E-state index contributed by atoms with van der Waals surface area (Å²) in [5.74, 6) is 0.667. The normalized spacial score (nSPS) is 13.9. The molecule has 6 nitrogen and oxygen atoms in total. The highest BCUT2D eigenvalue weighted by Gasteiger charge is 2.14. The van der Waals surface area contributed by atoms with Gasteiger partial charge in [0.1, 0.15) is 5.69 Å². The van der Waals surface area contributed by atoms with Crippen LogP contribution in [0.25, 0.3) is 0 Å². The number of oxime groups is 1. The summed E-state index contributed by atoms with van der Waals surface area (Å²) in [6, 6.07) is 4.18. The topological polar surface area (TPSA) is 86.8 Å². The maximum absolute atomic E-state index is 8.82. The molecule has 0 saturated heterocycles. The van der Waals surface area contributed by atoms with Gasteiger partial charge in [-0.2, -0.15) is 0 Å². The maximum Gasteiger partial charge on any atom is 0.189 e. The van der Waals surface area contributed by atoms with E-state index in [1.807, 2.05) is 12.1 Å². The second-order valence-corrected chi connectivity index (χ2v) is 5.97. The van der Waals surface area contributed by atoms with Gasteiger partial charge in [0.25, 0.3) is 0 Å². The summed E-state index contributed by atoms with van der Waals surface area (Å²) in [4.78, 5) is 6.36. The zero-order valence-electron chi connectivity index (χ0n) is 13.4. The van der Waals surface area contributed by atoms with Crippen LogP contribution in [0.15, 0.2) is 23.5 Å². The van der Waals surface area contributed by atoms with Crippen LogP contribution in [-0.4, -0.2) is 47.6 Å². The van der Waals surface area contributed by atoms with Crippen LogP contribution in [0.1, 0.15) is 31.5 Å². The van der Waals surface area contributed by atoms with Crippen molar-refractivity contribution in [2.75, 3.05) is 20.6 Å². The number of likely N-dealkylation sites (N-methyl/N-ethyl adjacent to an activating group) is 1. The zero-order chi connectivity index (χ0) is 15.8. The minimum Gasteiger partial charge on any atom is -0.409 e. The summed E-state index contributed by atoms with van der Waals surface area (Å²) in [5, 5.41) is 15.4. The van der Waals surface area contributed by atoms with Crippen molar-refractivity contribution >= 4 is 5.84 Å². The maximum atomic E-state index is 8.82. The molecule has 0 radical (unpaired) electrons. The van der Waals surface area contributed by atoms with Crippen molar-refractivity contribution in [3.63, 3.8) is 0 Å². The van der Waals surface area contributed by atoms with Crippen molar-refractivity contribution in [3.8, 4) is 0 Å². The van der Waals surface area contributed by atoms with Gasteiger partial charge in [-0.15, -0.1) is 0 Å². The van der Waals surface area contributed by atoms with E-state index < -0.39 is 0 Å². The van der Waals surface area contributed by atoms with Gasteiger partial charge in [-0.1, -0.05) is 25.1 Å². The van der Waals surface area contributed by atoms with E-state index >= 15 is 0 Å². The lowest BCUT2D eigenvalue weighted by Crippen LogP contribution is -2.39. The number of pyridine rings is 1. The molecule has 0 amide bonds. The lowest BCUT2D eigenvalue weighted by atomic mass is 10.0. The second kappa shape index (κ2) is 8.59. The monoisotopic (exact) mass is 293 g/mol. The lowest BCUT2D eigenvalue weighted by molar-refractivity contribution is 0.305. The molecule has 0 aliphatic carbocycles. The molecule has 0 aliphatic rings. The Morgan fingerprint density at radius 3 is 2.76 bits per heavy atom. The fourth-order valence-corrected chi connectivity index (χ4v) is 2.35. The number of rotatable bonds is 8. The first-order valence-electron chi connectivity index (χ1n) is 7.24. The largest absolute Gasteiger partial charge is 0.409 e. The molecule has 0 fully saturated rings. The smallest absolute Gasteiger partial charge is 0.189 e. The van der Waals surface area contributed by atoms with Crippen LogP contribution in [0.3, 0.4) is 0 Å². The number of nitrogens with two attached hydrogens (primary N) is 1. The predicted molar refractivity (Wildman–Crippen MR) is 85.4 cm³/mol. The molecule has 0 spiro atoms. The number of hydrogen-bond acceptors (Lipinski definition) is 5. The number of hydrogen-bond donors (Lipinski definition) is 3. The highest BCUT2D eigenvalue weighted by atomic mass is 16.4. The zero-order valence-corrected chi connectivity index (χ0v) is 13.4. The Balaban J connectivity index is 2.75. The fraction of sp³-hybridized carbons (Fsp3) is 0.600. The van der Waals surface area contributed by atoms with Crippen molar-refractivity contribution in [2.24, 2.45) is 16.8 Å². The molecule has 118 valence electrons. The Hall–Kier alpha value is -1.66. The number of amidine groups is 1. The van der Waals surface area contributed by atoms with Crippen molar-refractivity contribution in [1.29, 1.82) is 0 Å². The van der Waals surface area contributed by atoms with Crippen LogP contribution in [-0.2, 0) is 6.54 Å². The van der Waals surface area contributed by atoms with Crippen molar-refractivity contribution in [3.05, 3.63) is 29.6 Å². The molecule has 1 unspecified atom stereocenters. The van der Waals surface area contributed by atoms with Gasteiger partial charge in [0.05, 0.1) is 0 Å². The van der Waals surface area contributed by atoms with Crippen LogP contribution >= 0.6 is 0 Å². The van der Waals surface area contributed by atoms with Crippen LogP contribution < -0.4 is 11.1 Å². The lowest BCUT2D eigenvalue weighted by Gasteiger charge is -2.24. The van der Waals surface area contributed by atoms with E-state index in [4.69, 9.17) is 10.9 Å². The average molecular weight is 293 g/mol. The summed E-state index contributed by atoms with van der Waals surface area (Å²) in [6.07, 6.45) is 2.74. The molecule has 1 aromatic rings. The standard InChI is InChI=1S/C15H27N5O/c1-11(2)8-13(10-20(3)4)18-9-12-6-5-7-17-14(12)15(16)19-21/h5-7,11,13,18,21H,8-10H2,1-4H3,(H2,16,19). The minimum absolute atomic E-state index is 0.0421. The van der Waals surface area contributed by atoms with E-state index in [-0.39, 0.29) is 5.84 Å². The second-order valence-electron chi connectivity index (χ2n) is 5.97. The van der Waals surface area contributed by atoms with Gasteiger partial charge in [-0.05, 0) is 38.1 Å². The molecule has 0 aromatic carbocycles. The van der Waals surface area contributed by atoms with Crippen molar-refractivity contribution < 1.29 is 5.21 Å². The summed E-state index contributed by atoms with van der Waals surface area (Å²) in [5.41, 5.74) is 7.12. The van der Waals surface area contributed by atoms with E-state index in [1.165, 1.54) is 0 Å². The first kappa shape index (κ1) is 17.4. The molecular formula is C15H27N5O. The highest BCUT2D eigenvalue weighted by molar-refractivity contribution is 5.96. The van der Waals surface area contributed by atoms with E-state index in [0.29, 0.717) is 24.2 Å². The number of nitrogens with zero attached hydrogens (tertiary/aromatic N) is 3. The molecule has 4 N–H and O–H groups in total. The molecular weight excluding hydrogens is 266 g/mol. The number of aromatic nitrogens is 1. The quantitative estimate of drug-likeness (QED) is 0.290. The van der Waals surface area contributed by atoms with Crippen LogP contribution in [0.4, 0.5) is 0 Å². The van der Waals surface area contributed by atoms with Crippen LogP contribution in [0, 0.1) is 5.92 Å². The molecule has 21 heavy (non-hydrogen) atoms. The third-order valence-electron chi connectivity index (χ3n) is 3.16. The molecule has 0 aliphatic heterocycles. The van der Waals surface area contributed by atoms with Crippen molar-refractivity contribution in [1.82, 2.24) is 15.2 Å². The first-order chi connectivity index (χ1) is 9.93. The molecule has 0 saturated carbocycles. The van der Waals surface area contributed by atoms with Crippen LogP contribution in [0.2, 0.25) is 0 Å². The van der Waals surface area contributed by atoms with E-state index in [0.717, 1.165) is 18.5 Å². The SMILES string of the molecule is CC(C)CC(CN(C)C)NCc1cccnc1C(N)=NO.